The molecule has 0 saturated carbocycles. The fourth-order valence-electron chi connectivity index (χ4n) is 1.00. The summed E-state index contributed by atoms with van der Waals surface area (Å²) in [6, 6.07) is 7.29. The van der Waals surface area contributed by atoms with Gasteiger partial charge in [0.15, 0.2) is 0 Å². The summed E-state index contributed by atoms with van der Waals surface area (Å²) in [7, 11) is 1.73. The van der Waals surface area contributed by atoms with Crippen molar-refractivity contribution < 1.29 is 8.42 Å². The lowest BCUT2D eigenvalue weighted by molar-refractivity contribution is 0.600. The first-order valence-electron chi connectivity index (χ1n) is 3.91. The van der Waals surface area contributed by atoms with Crippen molar-refractivity contribution in [3.63, 3.8) is 0 Å². The number of benzene rings is 1. The summed E-state index contributed by atoms with van der Waals surface area (Å²) < 4.78 is 22.0. The largest absolute Gasteiger partial charge is 0.239 e. The van der Waals surface area contributed by atoms with Crippen LogP contribution in [0.1, 0.15) is 23.3 Å². The molecule has 0 saturated heterocycles. The molecular weight excluding hydrogens is 208 g/mol. The van der Waals surface area contributed by atoms with Gasteiger partial charge in [0.25, 0.3) is 0 Å². The predicted molar refractivity (Wildman–Crippen MR) is 54.4 cm³/mol. The van der Waals surface area contributed by atoms with Gasteiger partial charge in [0.1, 0.15) is 0 Å². The minimum atomic E-state index is -3.50. The van der Waals surface area contributed by atoms with Gasteiger partial charge in [-0.2, -0.15) is 0 Å². The Morgan fingerprint density at radius 3 is 2.08 bits per heavy atom. The van der Waals surface area contributed by atoms with Gasteiger partial charge in [-0.25, -0.2) is 8.42 Å². The van der Waals surface area contributed by atoms with Crippen molar-refractivity contribution >= 4 is 19.7 Å². The molecule has 0 aliphatic heterocycles. The fourth-order valence-corrected chi connectivity index (χ4v) is 1.79. The highest BCUT2D eigenvalue weighted by atomic mass is 35.7. The van der Waals surface area contributed by atoms with E-state index >= 15 is 0 Å². The standard InChI is InChI=1S/C9H11ClO2S/c1-7-3-5-9(6-4-7)8(2)13(10,11)12/h3-6,8H,1-2H3/t8-/m0/s1. The van der Waals surface area contributed by atoms with Crippen molar-refractivity contribution in [3.8, 4) is 0 Å². The lowest BCUT2D eigenvalue weighted by atomic mass is 10.1. The number of halogens is 1. The van der Waals surface area contributed by atoms with E-state index in [4.69, 9.17) is 10.7 Å². The van der Waals surface area contributed by atoms with Gasteiger partial charge in [0.2, 0.25) is 9.05 Å². The smallest absolute Gasteiger partial charge is 0.212 e. The van der Waals surface area contributed by atoms with Crippen molar-refractivity contribution in [1.82, 2.24) is 0 Å². The van der Waals surface area contributed by atoms with Gasteiger partial charge in [-0.15, -0.1) is 0 Å². The van der Waals surface area contributed by atoms with Gasteiger partial charge in [-0.3, -0.25) is 0 Å². The maximum absolute atomic E-state index is 11.0. The van der Waals surface area contributed by atoms with E-state index in [2.05, 4.69) is 0 Å². The van der Waals surface area contributed by atoms with Gasteiger partial charge in [0, 0.05) is 10.7 Å². The molecule has 0 fully saturated rings. The van der Waals surface area contributed by atoms with Crippen molar-refractivity contribution in [3.05, 3.63) is 35.4 Å². The first kappa shape index (κ1) is 10.5. The molecule has 72 valence electrons. The van der Waals surface area contributed by atoms with E-state index in [1.54, 1.807) is 19.1 Å². The maximum atomic E-state index is 11.0. The topological polar surface area (TPSA) is 34.1 Å². The Morgan fingerprint density at radius 1 is 1.23 bits per heavy atom. The lowest BCUT2D eigenvalue weighted by Crippen LogP contribution is -2.02. The Hall–Kier alpha value is -0.540. The van der Waals surface area contributed by atoms with Gasteiger partial charge < -0.3 is 0 Å². The molecule has 0 radical (unpaired) electrons. The molecule has 0 aromatic heterocycles. The molecule has 13 heavy (non-hydrogen) atoms. The van der Waals surface area contributed by atoms with Crippen LogP contribution in [-0.4, -0.2) is 8.42 Å². The highest BCUT2D eigenvalue weighted by Crippen LogP contribution is 2.24. The molecule has 2 nitrogen and oxygen atoms in total. The van der Waals surface area contributed by atoms with Crippen molar-refractivity contribution in [2.24, 2.45) is 0 Å². The summed E-state index contributed by atoms with van der Waals surface area (Å²) >= 11 is 0. The van der Waals surface area contributed by atoms with E-state index in [0.717, 1.165) is 11.1 Å². The van der Waals surface area contributed by atoms with Gasteiger partial charge in [-0.1, -0.05) is 29.8 Å². The van der Waals surface area contributed by atoms with Crippen LogP contribution in [0.3, 0.4) is 0 Å². The van der Waals surface area contributed by atoms with Crippen LogP contribution in [0.15, 0.2) is 24.3 Å². The molecule has 1 atom stereocenters. The Kier molecular flexibility index (Phi) is 2.98. The zero-order chi connectivity index (χ0) is 10.1. The Balaban J connectivity index is 3.04. The predicted octanol–water partition coefficient (Wildman–Crippen LogP) is 2.62. The van der Waals surface area contributed by atoms with E-state index in [1.807, 2.05) is 19.1 Å². The molecule has 1 rings (SSSR count). The van der Waals surface area contributed by atoms with Crippen LogP contribution < -0.4 is 0 Å². The van der Waals surface area contributed by atoms with Crippen LogP contribution in [-0.2, 0) is 9.05 Å². The van der Waals surface area contributed by atoms with Crippen molar-refractivity contribution in [2.75, 3.05) is 0 Å². The van der Waals surface area contributed by atoms with Crippen LogP contribution in [0.5, 0.6) is 0 Å². The molecular formula is C9H11ClO2S. The summed E-state index contributed by atoms with van der Waals surface area (Å²) in [5.74, 6) is 0. The van der Waals surface area contributed by atoms with Crippen LogP contribution in [0.2, 0.25) is 0 Å². The third-order valence-electron chi connectivity index (χ3n) is 1.97. The summed E-state index contributed by atoms with van der Waals surface area (Å²) in [5, 5.41) is -0.644. The number of hydrogen-bond acceptors (Lipinski definition) is 2. The first-order chi connectivity index (χ1) is 5.91. The highest BCUT2D eigenvalue weighted by Gasteiger charge is 2.18. The second kappa shape index (κ2) is 3.68. The van der Waals surface area contributed by atoms with E-state index in [-0.39, 0.29) is 0 Å². The van der Waals surface area contributed by atoms with Gasteiger partial charge in [0.05, 0.1) is 5.25 Å². The minimum absolute atomic E-state index is 0.644. The Bertz CT molecular complexity index is 381. The third kappa shape index (κ3) is 2.71. The summed E-state index contributed by atoms with van der Waals surface area (Å²) in [4.78, 5) is 0. The first-order valence-corrected chi connectivity index (χ1v) is 6.28. The number of aryl methyl sites for hydroxylation is 1. The normalized spacial score (nSPS) is 14.1. The molecule has 4 heteroatoms. The summed E-state index contributed by atoms with van der Waals surface area (Å²) in [6.07, 6.45) is 0. The average Bonchev–Trinajstić information content (AvgIpc) is 2.03. The van der Waals surface area contributed by atoms with Crippen LogP contribution >= 0.6 is 10.7 Å². The zero-order valence-electron chi connectivity index (χ0n) is 7.49. The molecule has 1 aromatic rings. The molecule has 0 N–H and O–H groups in total. The zero-order valence-corrected chi connectivity index (χ0v) is 9.06. The Labute approximate surface area is 83.0 Å². The third-order valence-corrected chi connectivity index (χ3v) is 3.89. The highest BCUT2D eigenvalue weighted by molar-refractivity contribution is 8.13. The monoisotopic (exact) mass is 218 g/mol. The Morgan fingerprint density at radius 2 is 1.69 bits per heavy atom. The molecule has 0 aliphatic rings. The van der Waals surface area contributed by atoms with Crippen molar-refractivity contribution in [1.29, 1.82) is 0 Å². The van der Waals surface area contributed by atoms with E-state index in [9.17, 15) is 8.42 Å². The number of hydrogen-bond donors (Lipinski definition) is 0. The molecule has 0 amide bonds. The molecule has 0 aliphatic carbocycles. The molecule has 1 aromatic carbocycles. The van der Waals surface area contributed by atoms with Crippen LogP contribution in [0, 0.1) is 6.92 Å². The SMILES string of the molecule is Cc1ccc([C@H](C)S(=O)(=O)Cl)cc1. The quantitative estimate of drug-likeness (QED) is 0.716. The molecule has 0 unspecified atom stereocenters. The molecule has 0 bridgehead atoms. The van der Waals surface area contributed by atoms with E-state index < -0.39 is 14.3 Å². The minimum Gasteiger partial charge on any atom is -0.212 e. The maximum Gasteiger partial charge on any atom is 0.239 e. The number of rotatable bonds is 2. The molecule has 0 heterocycles. The fraction of sp³-hybridized carbons (Fsp3) is 0.333. The van der Waals surface area contributed by atoms with Gasteiger partial charge >= 0.3 is 0 Å². The lowest BCUT2D eigenvalue weighted by Gasteiger charge is -2.07. The van der Waals surface area contributed by atoms with Crippen LogP contribution in [0.25, 0.3) is 0 Å². The molecule has 0 spiro atoms. The van der Waals surface area contributed by atoms with Gasteiger partial charge in [-0.05, 0) is 19.4 Å². The van der Waals surface area contributed by atoms with E-state index in [0.29, 0.717) is 0 Å². The van der Waals surface area contributed by atoms with E-state index in [1.165, 1.54) is 0 Å². The average molecular weight is 219 g/mol. The van der Waals surface area contributed by atoms with Crippen LogP contribution in [0.4, 0.5) is 0 Å². The summed E-state index contributed by atoms with van der Waals surface area (Å²) in [6.45, 7) is 3.52. The second-order valence-electron chi connectivity index (χ2n) is 3.03. The summed E-state index contributed by atoms with van der Waals surface area (Å²) in [5.41, 5.74) is 1.82. The van der Waals surface area contributed by atoms with Crippen molar-refractivity contribution in [2.45, 2.75) is 19.1 Å². The second-order valence-corrected chi connectivity index (χ2v) is 5.98.